The van der Waals surface area contributed by atoms with Crippen LogP contribution < -0.4 is 5.32 Å². The fraction of sp³-hybridized carbons (Fsp3) is 0.550. The van der Waals surface area contributed by atoms with Gasteiger partial charge in [-0.15, -0.1) is 0 Å². The third kappa shape index (κ3) is 4.18. The van der Waals surface area contributed by atoms with Crippen LogP contribution in [0.15, 0.2) is 24.4 Å². The minimum absolute atomic E-state index is 0.159. The van der Waals surface area contributed by atoms with Crippen LogP contribution in [0.1, 0.15) is 38.7 Å². The first-order chi connectivity index (χ1) is 12.0. The molecule has 0 unspecified atom stereocenters. The number of fused-ring (bicyclic) bond motifs is 1. The van der Waals surface area contributed by atoms with Gasteiger partial charge in [0, 0.05) is 47.7 Å². The molecule has 0 saturated carbocycles. The zero-order chi connectivity index (χ0) is 18.0. The highest BCUT2D eigenvalue weighted by Gasteiger charge is 2.26. The smallest absolute Gasteiger partial charge is 0.223 e. The molecule has 1 aliphatic rings. The third-order valence-corrected chi connectivity index (χ3v) is 5.62. The fourth-order valence-corrected chi connectivity index (χ4v) is 3.80. The van der Waals surface area contributed by atoms with E-state index in [0.29, 0.717) is 0 Å². The Morgan fingerprint density at radius 1 is 1.36 bits per heavy atom. The monoisotopic (exact) mass is 361 g/mol. The minimum atomic E-state index is 0.159. The zero-order valence-electron chi connectivity index (χ0n) is 15.4. The average molecular weight is 362 g/mol. The van der Waals surface area contributed by atoms with Crippen molar-refractivity contribution >= 4 is 28.4 Å². The van der Waals surface area contributed by atoms with Gasteiger partial charge < -0.3 is 9.88 Å². The molecule has 1 aromatic heterocycles. The Hall–Kier alpha value is -1.52. The van der Waals surface area contributed by atoms with Gasteiger partial charge in [-0.3, -0.25) is 9.69 Å². The van der Waals surface area contributed by atoms with Gasteiger partial charge in [0.25, 0.3) is 0 Å². The molecule has 0 bridgehead atoms. The number of aromatic nitrogens is 1. The van der Waals surface area contributed by atoms with E-state index in [0.717, 1.165) is 43.9 Å². The first-order valence-corrected chi connectivity index (χ1v) is 9.62. The number of hydrogen-bond acceptors (Lipinski definition) is 2. The van der Waals surface area contributed by atoms with E-state index in [4.69, 9.17) is 11.6 Å². The number of piperidine rings is 1. The second-order valence-electron chi connectivity index (χ2n) is 7.30. The van der Waals surface area contributed by atoms with Crippen LogP contribution in [0.5, 0.6) is 0 Å². The molecule has 1 aliphatic heterocycles. The molecular formula is C20H28ClN3O. The summed E-state index contributed by atoms with van der Waals surface area (Å²) in [6, 6.07) is 6.34. The van der Waals surface area contributed by atoms with E-state index in [1.807, 2.05) is 6.07 Å². The van der Waals surface area contributed by atoms with Gasteiger partial charge in [0.05, 0.1) is 0 Å². The molecule has 0 aliphatic carbocycles. The van der Waals surface area contributed by atoms with Crippen LogP contribution in [0.2, 0.25) is 5.02 Å². The van der Waals surface area contributed by atoms with Gasteiger partial charge in [0.2, 0.25) is 5.91 Å². The Bertz CT molecular complexity index is 747. The van der Waals surface area contributed by atoms with E-state index in [-0.39, 0.29) is 17.9 Å². The van der Waals surface area contributed by atoms with Crippen molar-refractivity contribution in [2.24, 2.45) is 13.0 Å². The van der Waals surface area contributed by atoms with Gasteiger partial charge >= 0.3 is 0 Å². The van der Waals surface area contributed by atoms with Crippen LogP contribution in [0.3, 0.4) is 0 Å². The van der Waals surface area contributed by atoms with Crippen molar-refractivity contribution in [3.8, 4) is 0 Å². The predicted molar refractivity (Wildman–Crippen MR) is 104 cm³/mol. The van der Waals surface area contributed by atoms with Crippen molar-refractivity contribution in [1.82, 2.24) is 14.8 Å². The Balaban J connectivity index is 1.61. The predicted octanol–water partition coefficient (Wildman–Crippen LogP) is 3.96. The van der Waals surface area contributed by atoms with Crippen molar-refractivity contribution in [3.05, 3.63) is 35.0 Å². The molecule has 1 fully saturated rings. The molecule has 4 nitrogen and oxygen atoms in total. The van der Waals surface area contributed by atoms with Gasteiger partial charge in [0.1, 0.15) is 0 Å². The van der Waals surface area contributed by atoms with Crippen molar-refractivity contribution < 1.29 is 4.79 Å². The Morgan fingerprint density at radius 3 is 2.76 bits per heavy atom. The Labute approximate surface area is 155 Å². The van der Waals surface area contributed by atoms with Crippen LogP contribution in [0.4, 0.5) is 0 Å². The largest absolute Gasteiger partial charge is 0.353 e. The second kappa shape index (κ2) is 7.79. The number of nitrogens with one attached hydrogen (secondary N) is 1. The molecule has 5 heteroatoms. The molecule has 1 aromatic carbocycles. The number of benzene rings is 1. The summed E-state index contributed by atoms with van der Waals surface area (Å²) in [5.74, 6) is 0.387. The summed E-state index contributed by atoms with van der Waals surface area (Å²) in [5, 5.41) is 5.13. The third-order valence-electron chi connectivity index (χ3n) is 5.39. The molecule has 2 aromatic rings. The highest BCUT2D eigenvalue weighted by molar-refractivity contribution is 6.31. The molecular weight excluding hydrogens is 334 g/mol. The maximum Gasteiger partial charge on any atom is 0.223 e. The molecule has 1 N–H and O–H groups in total. The maximum absolute atomic E-state index is 12.3. The molecule has 1 saturated heterocycles. The van der Waals surface area contributed by atoms with Crippen LogP contribution in [-0.4, -0.2) is 34.5 Å². The van der Waals surface area contributed by atoms with Crippen molar-refractivity contribution in [1.29, 1.82) is 0 Å². The SMILES string of the molecule is CC[C@@H](C)NC(=O)C1CCN(Cc2cn(C)c3ccc(Cl)cc23)CC1. The zero-order valence-corrected chi connectivity index (χ0v) is 16.1. The van der Waals surface area contributed by atoms with Gasteiger partial charge in [-0.05, 0) is 63.0 Å². The number of carbonyl (C=O) groups is 1. The number of hydrogen-bond donors (Lipinski definition) is 1. The van der Waals surface area contributed by atoms with Crippen molar-refractivity contribution in [2.45, 2.75) is 45.7 Å². The van der Waals surface area contributed by atoms with Gasteiger partial charge in [0.15, 0.2) is 0 Å². The quantitative estimate of drug-likeness (QED) is 0.875. The van der Waals surface area contributed by atoms with Gasteiger partial charge in [-0.25, -0.2) is 0 Å². The number of carbonyl (C=O) groups excluding carboxylic acids is 1. The molecule has 1 atom stereocenters. The molecule has 136 valence electrons. The van der Waals surface area contributed by atoms with Crippen LogP contribution in [-0.2, 0) is 18.4 Å². The number of likely N-dealkylation sites (tertiary alicyclic amines) is 1. The summed E-state index contributed by atoms with van der Waals surface area (Å²) >= 11 is 6.18. The lowest BCUT2D eigenvalue weighted by Gasteiger charge is -2.31. The summed E-state index contributed by atoms with van der Waals surface area (Å²) in [4.78, 5) is 14.7. The van der Waals surface area contributed by atoms with Crippen LogP contribution in [0, 0.1) is 5.92 Å². The van der Waals surface area contributed by atoms with E-state index < -0.39 is 0 Å². The number of aryl methyl sites for hydroxylation is 1. The first-order valence-electron chi connectivity index (χ1n) is 9.24. The molecule has 2 heterocycles. The highest BCUT2D eigenvalue weighted by atomic mass is 35.5. The van der Waals surface area contributed by atoms with E-state index >= 15 is 0 Å². The Morgan fingerprint density at radius 2 is 2.08 bits per heavy atom. The molecule has 0 radical (unpaired) electrons. The van der Waals surface area contributed by atoms with Crippen molar-refractivity contribution in [3.63, 3.8) is 0 Å². The number of rotatable bonds is 5. The summed E-state index contributed by atoms with van der Waals surface area (Å²) in [7, 11) is 2.07. The lowest BCUT2D eigenvalue weighted by molar-refractivity contribution is -0.127. The van der Waals surface area contributed by atoms with E-state index in [1.54, 1.807) is 0 Å². The molecule has 25 heavy (non-hydrogen) atoms. The molecule has 1 amide bonds. The standard InChI is InChI=1S/C20H28ClN3O/c1-4-14(2)22-20(25)15-7-9-24(10-8-15)13-16-12-23(3)19-6-5-17(21)11-18(16)19/h5-6,11-12,14-15H,4,7-10,13H2,1-3H3,(H,22,25)/t14-/m1/s1. The van der Waals surface area contributed by atoms with E-state index in [1.165, 1.54) is 16.5 Å². The summed E-state index contributed by atoms with van der Waals surface area (Å²) in [6.07, 6.45) is 5.05. The first kappa shape index (κ1) is 18.3. The van der Waals surface area contributed by atoms with E-state index in [2.05, 4.69) is 54.0 Å². The summed E-state index contributed by atoms with van der Waals surface area (Å²) in [6.45, 7) is 7.02. The average Bonchev–Trinajstić information content (AvgIpc) is 2.90. The van der Waals surface area contributed by atoms with Gasteiger partial charge in [-0.2, -0.15) is 0 Å². The lowest BCUT2D eigenvalue weighted by atomic mass is 9.95. The van der Waals surface area contributed by atoms with E-state index in [9.17, 15) is 4.79 Å². The number of nitrogens with zero attached hydrogens (tertiary/aromatic N) is 2. The van der Waals surface area contributed by atoms with Crippen molar-refractivity contribution in [2.75, 3.05) is 13.1 Å². The van der Waals surface area contributed by atoms with Crippen LogP contribution in [0.25, 0.3) is 10.9 Å². The number of halogens is 1. The number of amides is 1. The maximum atomic E-state index is 12.3. The summed E-state index contributed by atoms with van der Waals surface area (Å²) < 4.78 is 2.16. The second-order valence-corrected chi connectivity index (χ2v) is 7.73. The molecule has 0 spiro atoms. The molecule has 3 rings (SSSR count). The van der Waals surface area contributed by atoms with Gasteiger partial charge in [-0.1, -0.05) is 18.5 Å². The normalized spacial score (nSPS) is 17.8. The highest BCUT2D eigenvalue weighted by Crippen LogP contribution is 2.27. The van der Waals surface area contributed by atoms with Crippen LogP contribution >= 0.6 is 11.6 Å². The summed E-state index contributed by atoms with van der Waals surface area (Å²) in [5.41, 5.74) is 2.52. The minimum Gasteiger partial charge on any atom is -0.353 e. The topological polar surface area (TPSA) is 37.3 Å². The Kier molecular flexibility index (Phi) is 5.70. The lowest BCUT2D eigenvalue weighted by Crippen LogP contribution is -2.42. The fourth-order valence-electron chi connectivity index (χ4n) is 3.63.